The van der Waals surface area contributed by atoms with Gasteiger partial charge in [-0.3, -0.25) is 28.8 Å². The molecule has 0 radical (unpaired) electrons. The highest BCUT2D eigenvalue weighted by Gasteiger charge is 2.27. The largest absolute Gasteiger partial charge is 0.461 e. The third kappa shape index (κ3) is 27.0. The summed E-state index contributed by atoms with van der Waals surface area (Å²) >= 11 is 0. The van der Waals surface area contributed by atoms with Crippen molar-refractivity contribution in [3.63, 3.8) is 0 Å². The van der Waals surface area contributed by atoms with Gasteiger partial charge in [0.05, 0.1) is 5.92 Å². The summed E-state index contributed by atoms with van der Waals surface area (Å²) in [6.45, 7) is 27.3. The lowest BCUT2D eigenvalue weighted by Crippen LogP contribution is -2.40. The summed E-state index contributed by atoms with van der Waals surface area (Å²) in [5.41, 5.74) is 0.318. The molecule has 6 N–H and O–H groups in total. The quantitative estimate of drug-likeness (QED) is 0.0400. The van der Waals surface area contributed by atoms with E-state index in [2.05, 4.69) is 59.6 Å². The van der Waals surface area contributed by atoms with Gasteiger partial charge in [0.2, 0.25) is 29.5 Å². The monoisotopic (exact) mass is 943 g/mol. The molecule has 382 valence electrons. The summed E-state index contributed by atoms with van der Waals surface area (Å²) in [6.07, 6.45) is 3.55. The summed E-state index contributed by atoms with van der Waals surface area (Å²) in [5.74, 6) is -2.26. The molecule has 0 aromatic heterocycles. The van der Waals surface area contributed by atoms with Gasteiger partial charge in [-0.25, -0.2) is 4.79 Å². The van der Waals surface area contributed by atoms with Crippen LogP contribution >= 0.6 is 0 Å². The topological polar surface area (TPSA) is 210 Å². The molecule has 0 bridgehead atoms. The number of rotatable bonds is 32. The molecule has 0 fully saturated rings. The van der Waals surface area contributed by atoms with Crippen molar-refractivity contribution in [1.82, 2.24) is 31.9 Å². The van der Waals surface area contributed by atoms with Crippen LogP contribution in [0.15, 0.2) is 30.3 Å². The van der Waals surface area contributed by atoms with Gasteiger partial charge in [-0.2, -0.15) is 0 Å². The van der Waals surface area contributed by atoms with Crippen molar-refractivity contribution in [1.29, 1.82) is 0 Å². The minimum atomic E-state index is -0.606. The standard InChI is InChI=1S/C52H90N6O9/c1-34(2)31-41(21-27-53-45(59)38(9)19-26-57-49(63)44(37(7)8)24-30-58-51(65)67-52(11,12)13)47(61)55-29-23-43(36(5)6)48(62)56-25-20-39(10)46(60)54-28-22-42(32-35(3)4)50(64)66-33-40-17-15-14-16-18-40/h14-18,34-39,41-44H,19-33H2,1-13H3,(H,53,59)(H,54,60)(H,55,61)(H,56,62)(H,57,63)(H,58,65)/t38-,39-,41+,42+,43+,44+/m1/s1. The Morgan fingerprint density at radius 2 is 0.866 bits per heavy atom. The van der Waals surface area contributed by atoms with Crippen LogP contribution in [0.5, 0.6) is 0 Å². The van der Waals surface area contributed by atoms with Crippen LogP contribution in [0.1, 0.15) is 147 Å². The van der Waals surface area contributed by atoms with Gasteiger partial charge in [-0.15, -0.1) is 0 Å². The first kappa shape index (κ1) is 60.3. The van der Waals surface area contributed by atoms with E-state index in [-0.39, 0.29) is 95.4 Å². The van der Waals surface area contributed by atoms with Crippen molar-refractivity contribution in [3.05, 3.63) is 35.9 Å². The fourth-order valence-electron chi connectivity index (χ4n) is 7.78. The molecule has 15 nitrogen and oxygen atoms in total. The van der Waals surface area contributed by atoms with Crippen molar-refractivity contribution >= 4 is 41.6 Å². The second-order valence-corrected chi connectivity index (χ2v) is 20.9. The first-order chi connectivity index (χ1) is 31.4. The Morgan fingerprint density at radius 3 is 1.31 bits per heavy atom. The van der Waals surface area contributed by atoms with E-state index in [0.717, 1.165) is 5.56 Å². The third-order valence-electron chi connectivity index (χ3n) is 11.8. The van der Waals surface area contributed by atoms with E-state index in [1.165, 1.54) is 0 Å². The lowest BCUT2D eigenvalue weighted by Gasteiger charge is -2.23. The van der Waals surface area contributed by atoms with Crippen molar-refractivity contribution in [2.24, 2.45) is 59.2 Å². The van der Waals surface area contributed by atoms with E-state index in [0.29, 0.717) is 96.6 Å². The predicted molar refractivity (Wildman–Crippen MR) is 264 cm³/mol. The Labute approximate surface area is 403 Å². The van der Waals surface area contributed by atoms with E-state index in [4.69, 9.17) is 9.47 Å². The molecule has 0 saturated heterocycles. The number of carbonyl (C=O) groups excluding carboxylic acids is 7. The Hall–Kier alpha value is -4.69. The number of ether oxygens (including phenoxy) is 2. The van der Waals surface area contributed by atoms with Crippen LogP contribution in [0.3, 0.4) is 0 Å². The number of amides is 6. The van der Waals surface area contributed by atoms with E-state index in [9.17, 15) is 33.6 Å². The molecule has 15 heteroatoms. The lowest BCUT2D eigenvalue weighted by molar-refractivity contribution is -0.151. The maximum absolute atomic E-state index is 13.4. The minimum Gasteiger partial charge on any atom is -0.461 e. The van der Waals surface area contributed by atoms with Crippen LogP contribution in [0.25, 0.3) is 0 Å². The molecule has 0 spiro atoms. The Bertz CT molecular complexity index is 1650. The molecular formula is C52H90N6O9. The summed E-state index contributed by atoms with van der Waals surface area (Å²) < 4.78 is 10.9. The molecule has 0 saturated carbocycles. The fourth-order valence-corrected chi connectivity index (χ4v) is 7.78. The van der Waals surface area contributed by atoms with Gasteiger partial charge in [-0.05, 0) is 101 Å². The second kappa shape index (κ2) is 32.1. The van der Waals surface area contributed by atoms with Crippen LogP contribution < -0.4 is 31.9 Å². The van der Waals surface area contributed by atoms with Crippen LogP contribution in [-0.4, -0.2) is 86.5 Å². The van der Waals surface area contributed by atoms with E-state index < -0.39 is 11.7 Å². The zero-order valence-corrected chi connectivity index (χ0v) is 43.4. The average molecular weight is 943 g/mol. The van der Waals surface area contributed by atoms with Crippen LogP contribution in [-0.2, 0) is 44.8 Å². The van der Waals surface area contributed by atoms with Gasteiger partial charge in [-0.1, -0.05) is 99.6 Å². The van der Waals surface area contributed by atoms with Gasteiger partial charge in [0, 0.05) is 68.9 Å². The number of hydrogen-bond donors (Lipinski definition) is 6. The molecule has 0 aliphatic rings. The predicted octanol–water partition coefficient (Wildman–Crippen LogP) is 7.32. The number of alkyl carbamates (subject to hydrolysis) is 1. The van der Waals surface area contributed by atoms with Gasteiger partial charge in [0.1, 0.15) is 12.2 Å². The second-order valence-electron chi connectivity index (χ2n) is 20.9. The Kier molecular flexibility index (Phi) is 28.9. The van der Waals surface area contributed by atoms with E-state index in [1.54, 1.807) is 20.8 Å². The molecule has 67 heavy (non-hydrogen) atoms. The van der Waals surface area contributed by atoms with Crippen LogP contribution in [0.4, 0.5) is 4.79 Å². The van der Waals surface area contributed by atoms with Crippen molar-refractivity contribution in [3.8, 4) is 0 Å². The normalized spacial score (nSPS) is 14.3. The minimum absolute atomic E-state index is 0.0255. The summed E-state index contributed by atoms with van der Waals surface area (Å²) in [5, 5.41) is 17.6. The number of carbonyl (C=O) groups is 7. The number of esters is 1. The zero-order chi connectivity index (χ0) is 50.7. The maximum Gasteiger partial charge on any atom is 0.407 e. The van der Waals surface area contributed by atoms with Gasteiger partial charge in [0.25, 0.3) is 0 Å². The van der Waals surface area contributed by atoms with Crippen molar-refractivity contribution in [2.45, 2.75) is 154 Å². The van der Waals surface area contributed by atoms with Crippen LogP contribution in [0.2, 0.25) is 0 Å². The summed E-state index contributed by atoms with van der Waals surface area (Å²) in [6, 6.07) is 9.55. The highest BCUT2D eigenvalue weighted by Crippen LogP contribution is 2.21. The third-order valence-corrected chi connectivity index (χ3v) is 11.8. The lowest BCUT2D eigenvalue weighted by atomic mass is 9.90. The van der Waals surface area contributed by atoms with E-state index in [1.807, 2.05) is 71.9 Å². The number of benzene rings is 1. The van der Waals surface area contributed by atoms with Gasteiger partial charge < -0.3 is 41.4 Å². The highest BCUT2D eigenvalue weighted by molar-refractivity contribution is 5.82. The SMILES string of the molecule is CC(C)C[C@H](CCNC(=O)[C@H](C)CCNC(=O)[C@@H](CCNC(=O)OC(C)(C)C)C(C)C)C(=O)NCC[C@H](C(=O)NCC[C@@H](C)C(=O)NCC[C@@H](CC(C)C)C(=O)OCc1ccccc1)C(C)C. The molecule has 1 aromatic carbocycles. The highest BCUT2D eigenvalue weighted by atomic mass is 16.6. The van der Waals surface area contributed by atoms with Crippen LogP contribution in [0, 0.1) is 59.2 Å². The molecule has 1 rings (SSSR count). The maximum atomic E-state index is 13.4. The number of nitrogens with one attached hydrogen (secondary N) is 6. The molecule has 6 amide bonds. The molecule has 6 atom stereocenters. The summed E-state index contributed by atoms with van der Waals surface area (Å²) in [7, 11) is 0. The fraction of sp³-hybridized carbons (Fsp3) is 0.750. The molecular weight excluding hydrogens is 853 g/mol. The zero-order valence-electron chi connectivity index (χ0n) is 43.4. The van der Waals surface area contributed by atoms with E-state index >= 15 is 0 Å². The van der Waals surface area contributed by atoms with Gasteiger partial charge >= 0.3 is 12.1 Å². The molecule has 0 aliphatic heterocycles. The molecule has 0 aliphatic carbocycles. The Balaban J connectivity index is 2.52. The Morgan fingerprint density at radius 1 is 0.478 bits per heavy atom. The molecule has 1 aromatic rings. The van der Waals surface area contributed by atoms with Gasteiger partial charge in [0.15, 0.2) is 0 Å². The van der Waals surface area contributed by atoms with Crippen molar-refractivity contribution < 1.29 is 43.0 Å². The smallest absolute Gasteiger partial charge is 0.407 e. The van der Waals surface area contributed by atoms with Crippen molar-refractivity contribution in [2.75, 3.05) is 39.3 Å². The molecule has 0 unspecified atom stereocenters. The average Bonchev–Trinajstić information content (AvgIpc) is 3.23. The first-order valence-corrected chi connectivity index (χ1v) is 25.0. The molecule has 0 heterocycles. The number of hydrogen-bond acceptors (Lipinski definition) is 9. The summed E-state index contributed by atoms with van der Waals surface area (Å²) in [4.78, 5) is 90.5. The first-order valence-electron chi connectivity index (χ1n) is 25.0.